The largest absolute Gasteiger partial charge is 0.339 e. The van der Waals surface area contributed by atoms with E-state index < -0.39 is 0 Å². The summed E-state index contributed by atoms with van der Waals surface area (Å²) in [5.74, 6) is 1.67. The number of hydrogen-bond donors (Lipinski definition) is 1. The first-order valence-electron chi connectivity index (χ1n) is 6.79. The van der Waals surface area contributed by atoms with Gasteiger partial charge in [-0.05, 0) is 20.5 Å². The smallest absolute Gasteiger partial charge is 0.233 e. The summed E-state index contributed by atoms with van der Waals surface area (Å²) in [4.78, 5) is 9.16. The van der Waals surface area contributed by atoms with Crippen molar-refractivity contribution in [2.45, 2.75) is 24.4 Å². The molecule has 6 heteroatoms. The molecule has 1 aromatic heterocycles. The molecule has 1 aliphatic carbocycles. The van der Waals surface area contributed by atoms with E-state index in [4.69, 9.17) is 10.3 Å². The van der Waals surface area contributed by atoms with E-state index in [9.17, 15) is 0 Å². The lowest BCUT2D eigenvalue weighted by Gasteiger charge is -2.35. The molecule has 1 aromatic rings. The summed E-state index contributed by atoms with van der Waals surface area (Å²) in [6.45, 7) is 3.05. The number of aromatic nitrogens is 2. The van der Waals surface area contributed by atoms with E-state index in [-0.39, 0.29) is 18.0 Å². The van der Waals surface area contributed by atoms with Crippen molar-refractivity contribution in [1.82, 2.24) is 19.9 Å². The quantitative estimate of drug-likeness (QED) is 0.777. The molecular formula is C13H21N5O. The monoisotopic (exact) mass is 263 g/mol. The summed E-state index contributed by atoms with van der Waals surface area (Å²) < 4.78 is 5.42. The van der Waals surface area contributed by atoms with Gasteiger partial charge in [0.1, 0.15) is 0 Å². The SMILES string of the molecule is CN1CCN(C)C(c2noc(C3C=CC(N)C3)n2)C1. The molecule has 2 N–H and O–H groups in total. The highest BCUT2D eigenvalue weighted by Crippen LogP contribution is 2.28. The molecule has 19 heavy (non-hydrogen) atoms. The van der Waals surface area contributed by atoms with E-state index in [2.05, 4.69) is 40.1 Å². The number of nitrogens with two attached hydrogens (primary N) is 1. The van der Waals surface area contributed by atoms with Crippen molar-refractivity contribution in [2.24, 2.45) is 5.73 Å². The Hall–Kier alpha value is -1.24. The zero-order valence-corrected chi connectivity index (χ0v) is 11.5. The van der Waals surface area contributed by atoms with Crippen molar-refractivity contribution in [3.8, 4) is 0 Å². The Morgan fingerprint density at radius 3 is 2.89 bits per heavy atom. The predicted octanol–water partition coefficient (Wildman–Crippen LogP) is 0.359. The molecule has 0 saturated carbocycles. The number of piperazine rings is 1. The molecule has 104 valence electrons. The molecule has 6 nitrogen and oxygen atoms in total. The first kappa shape index (κ1) is 12.8. The normalized spacial score (nSPS) is 33.1. The van der Waals surface area contributed by atoms with Crippen molar-refractivity contribution in [1.29, 1.82) is 0 Å². The van der Waals surface area contributed by atoms with Crippen LogP contribution in [0.1, 0.15) is 30.1 Å². The second kappa shape index (κ2) is 5.03. The Kier molecular flexibility index (Phi) is 3.38. The minimum Gasteiger partial charge on any atom is -0.339 e. The average molecular weight is 263 g/mol. The molecule has 1 aliphatic heterocycles. The third-order valence-corrected chi connectivity index (χ3v) is 4.04. The fourth-order valence-corrected chi connectivity index (χ4v) is 2.73. The zero-order chi connectivity index (χ0) is 13.4. The third kappa shape index (κ3) is 2.56. The van der Waals surface area contributed by atoms with Gasteiger partial charge < -0.3 is 15.2 Å². The molecule has 0 radical (unpaired) electrons. The Labute approximate surface area is 113 Å². The zero-order valence-electron chi connectivity index (χ0n) is 11.5. The molecule has 0 aromatic carbocycles. The van der Waals surface area contributed by atoms with Crippen LogP contribution in [0.4, 0.5) is 0 Å². The second-order valence-electron chi connectivity index (χ2n) is 5.64. The topological polar surface area (TPSA) is 71.4 Å². The Bertz CT molecular complexity index is 471. The van der Waals surface area contributed by atoms with Crippen LogP contribution < -0.4 is 5.73 Å². The van der Waals surface area contributed by atoms with Gasteiger partial charge in [-0.3, -0.25) is 4.90 Å². The van der Waals surface area contributed by atoms with Crippen LogP contribution in [0.3, 0.4) is 0 Å². The van der Waals surface area contributed by atoms with Gasteiger partial charge in [0, 0.05) is 25.7 Å². The molecular weight excluding hydrogens is 242 g/mol. The van der Waals surface area contributed by atoms with Crippen molar-refractivity contribution < 1.29 is 4.52 Å². The molecule has 0 spiro atoms. The lowest BCUT2D eigenvalue weighted by molar-refractivity contribution is 0.108. The van der Waals surface area contributed by atoms with E-state index in [0.717, 1.165) is 31.9 Å². The summed E-state index contributed by atoms with van der Waals surface area (Å²) in [6, 6.07) is 0.333. The summed E-state index contributed by atoms with van der Waals surface area (Å²) in [7, 11) is 4.23. The van der Waals surface area contributed by atoms with E-state index in [1.165, 1.54) is 0 Å². The average Bonchev–Trinajstić information content (AvgIpc) is 3.00. The van der Waals surface area contributed by atoms with Gasteiger partial charge in [-0.15, -0.1) is 0 Å². The first-order chi connectivity index (χ1) is 9.13. The van der Waals surface area contributed by atoms with Crippen LogP contribution in [0.5, 0.6) is 0 Å². The summed E-state index contributed by atoms with van der Waals surface area (Å²) in [5, 5.41) is 4.17. The van der Waals surface area contributed by atoms with Crippen LogP contribution in [-0.2, 0) is 0 Å². The fourth-order valence-electron chi connectivity index (χ4n) is 2.73. The van der Waals surface area contributed by atoms with E-state index >= 15 is 0 Å². The molecule has 0 amide bonds. The highest BCUT2D eigenvalue weighted by molar-refractivity contribution is 5.16. The van der Waals surface area contributed by atoms with Gasteiger partial charge in [-0.2, -0.15) is 4.98 Å². The lowest BCUT2D eigenvalue weighted by Crippen LogP contribution is -2.45. The Balaban J connectivity index is 1.75. The molecule has 1 saturated heterocycles. The summed E-state index contributed by atoms with van der Waals surface area (Å²) in [5.41, 5.74) is 5.86. The van der Waals surface area contributed by atoms with Gasteiger partial charge in [0.25, 0.3) is 0 Å². The summed E-state index contributed by atoms with van der Waals surface area (Å²) >= 11 is 0. The van der Waals surface area contributed by atoms with Crippen molar-refractivity contribution >= 4 is 0 Å². The maximum atomic E-state index is 5.86. The second-order valence-corrected chi connectivity index (χ2v) is 5.64. The predicted molar refractivity (Wildman–Crippen MR) is 71.6 cm³/mol. The highest BCUT2D eigenvalue weighted by atomic mass is 16.5. The molecule has 2 aliphatic rings. The maximum Gasteiger partial charge on any atom is 0.233 e. The first-order valence-corrected chi connectivity index (χ1v) is 6.79. The number of allylic oxidation sites excluding steroid dienone is 1. The van der Waals surface area contributed by atoms with E-state index in [1.807, 2.05) is 6.08 Å². The maximum absolute atomic E-state index is 5.86. The van der Waals surface area contributed by atoms with Crippen LogP contribution in [0, 0.1) is 0 Å². The van der Waals surface area contributed by atoms with Crippen molar-refractivity contribution in [3.05, 3.63) is 23.9 Å². The van der Waals surface area contributed by atoms with Gasteiger partial charge in [0.05, 0.1) is 12.0 Å². The minimum atomic E-state index is 0.115. The molecule has 2 heterocycles. The number of rotatable bonds is 2. The molecule has 3 atom stereocenters. The fraction of sp³-hybridized carbons (Fsp3) is 0.692. The van der Waals surface area contributed by atoms with E-state index in [0.29, 0.717) is 5.89 Å². The van der Waals surface area contributed by atoms with Crippen LogP contribution in [0.25, 0.3) is 0 Å². The van der Waals surface area contributed by atoms with Gasteiger partial charge in [-0.25, -0.2) is 0 Å². The van der Waals surface area contributed by atoms with Crippen molar-refractivity contribution in [2.75, 3.05) is 33.7 Å². The summed E-state index contributed by atoms with van der Waals surface area (Å²) in [6.07, 6.45) is 4.94. The third-order valence-electron chi connectivity index (χ3n) is 4.04. The Morgan fingerprint density at radius 1 is 1.32 bits per heavy atom. The van der Waals surface area contributed by atoms with Gasteiger partial charge in [0.2, 0.25) is 5.89 Å². The molecule has 3 rings (SSSR count). The van der Waals surface area contributed by atoms with Gasteiger partial charge >= 0.3 is 0 Å². The minimum absolute atomic E-state index is 0.115. The lowest BCUT2D eigenvalue weighted by atomic mass is 10.1. The molecule has 3 unspecified atom stereocenters. The standard InChI is InChI=1S/C13H21N5O/c1-17-5-6-18(2)11(8-17)12-15-13(19-16-12)9-3-4-10(14)7-9/h3-4,9-11H,5-8,14H2,1-2H3. The number of nitrogens with zero attached hydrogens (tertiary/aromatic N) is 4. The van der Waals surface area contributed by atoms with E-state index in [1.54, 1.807) is 0 Å². The number of likely N-dealkylation sites (N-methyl/N-ethyl adjacent to an activating group) is 2. The van der Waals surface area contributed by atoms with Gasteiger partial charge in [0.15, 0.2) is 5.82 Å². The van der Waals surface area contributed by atoms with Gasteiger partial charge in [-0.1, -0.05) is 17.3 Å². The van der Waals surface area contributed by atoms with Crippen molar-refractivity contribution in [3.63, 3.8) is 0 Å². The highest BCUT2D eigenvalue weighted by Gasteiger charge is 2.30. The van der Waals surface area contributed by atoms with Crippen LogP contribution >= 0.6 is 0 Å². The van der Waals surface area contributed by atoms with Crippen LogP contribution in [0.2, 0.25) is 0 Å². The number of hydrogen-bond acceptors (Lipinski definition) is 6. The molecule has 1 fully saturated rings. The van der Waals surface area contributed by atoms with Crippen LogP contribution in [0.15, 0.2) is 16.7 Å². The molecule has 0 bridgehead atoms. The van der Waals surface area contributed by atoms with Crippen LogP contribution in [-0.4, -0.2) is 59.7 Å². The Morgan fingerprint density at radius 2 is 2.16 bits per heavy atom.